The molecule has 0 unspecified atom stereocenters. The van der Waals surface area contributed by atoms with Crippen LogP contribution in [0.5, 0.6) is 0 Å². The van der Waals surface area contributed by atoms with Crippen molar-refractivity contribution in [3.05, 3.63) is 35.1 Å². The molecule has 1 aromatic rings. The second-order valence-electron chi connectivity index (χ2n) is 5.08. The van der Waals surface area contributed by atoms with Gasteiger partial charge in [0.1, 0.15) is 5.82 Å². The van der Waals surface area contributed by atoms with E-state index in [0.29, 0.717) is 6.42 Å². The minimum absolute atomic E-state index is 0.0714. The van der Waals surface area contributed by atoms with Crippen LogP contribution in [-0.4, -0.2) is 23.4 Å². The van der Waals surface area contributed by atoms with Crippen molar-refractivity contribution in [1.29, 1.82) is 0 Å². The number of benzene rings is 1. The maximum absolute atomic E-state index is 13.0. The van der Waals surface area contributed by atoms with Crippen LogP contribution in [0.4, 0.5) is 4.39 Å². The van der Waals surface area contributed by atoms with Crippen LogP contribution < -0.4 is 0 Å². The lowest BCUT2D eigenvalue weighted by molar-refractivity contribution is 0.0162. The summed E-state index contributed by atoms with van der Waals surface area (Å²) in [6, 6.07) is 4.63. The first-order valence-corrected chi connectivity index (χ1v) is 5.92. The highest BCUT2D eigenvalue weighted by atomic mass is 19.1. The van der Waals surface area contributed by atoms with Gasteiger partial charge in [0.25, 0.3) is 0 Å². The van der Waals surface area contributed by atoms with Crippen molar-refractivity contribution in [2.24, 2.45) is 11.3 Å². The fourth-order valence-corrected chi connectivity index (χ4v) is 1.97. The van der Waals surface area contributed by atoms with Gasteiger partial charge in [-0.15, -0.1) is 0 Å². The molecular weight excluding hydrogens is 219 g/mol. The molecule has 0 saturated heterocycles. The van der Waals surface area contributed by atoms with Gasteiger partial charge < -0.3 is 10.2 Å². The van der Waals surface area contributed by atoms with Crippen LogP contribution in [0.1, 0.15) is 25.0 Å². The van der Waals surface area contributed by atoms with Crippen molar-refractivity contribution in [1.82, 2.24) is 0 Å². The van der Waals surface area contributed by atoms with Crippen molar-refractivity contribution in [3.63, 3.8) is 0 Å². The van der Waals surface area contributed by atoms with Crippen LogP contribution in [-0.2, 0) is 6.42 Å². The average molecular weight is 240 g/mol. The van der Waals surface area contributed by atoms with E-state index in [1.54, 1.807) is 6.07 Å². The third-order valence-corrected chi connectivity index (χ3v) is 3.70. The van der Waals surface area contributed by atoms with Crippen molar-refractivity contribution >= 4 is 0 Å². The van der Waals surface area contributed by atoms with E-state index >= 15 is 0 Å². The zero-order valence-corrected chi connectivity index (χ0v) is 10.7. The number of rotatable bonds is 5. The van der Waals surface area contributed by atoms with Gasteiger partial charge in [0, 0.05) is 5.41 Å². The molecule has 0 heterocycles. The minimum Gasteiger partial charge on any atom is -0.396 e. The lowest BCUT2D eigenvalue weighted by Crippen LogP contribution is -2.37. The smallest absolute Gasteiger partial charge is 0.123 e. The van der Waals surface area contributed by atoms with Gasteiger partial charge in [-0.25, -0.2) is 4.39 Å². The fourth-order valence-electron chi connectivity index (χ4n) is 1.97. The van der Waals surface area contributed by atoms with E-state index in [0.717, 1.165) is 11.1 Å². The van der Waals surface area contributed by atoms with Gasteiger partial charge in [-0.3, -0.25) is 0 Å². The highest BCUT2D eigenvalue weighted by Crippen LogP contribution is 2.32. The van der Waals surface area contributed by atoms with Gasteiger partial charge >= 0.3 is 0 Å². The average Bonchev–Trinajstić information content (AvgIpc) is 2.28. The third kappa shape index (κ3) is 3.05. The predicted octanol–water partition coefficient (Wildman–Crippen LogP) is 2.30. The number of aliphatic hydroxyl groups is 2. The molecule has 0 radical (unpaired) electrons. The molecule has 0 aliphatic carbocycles. The molecule has 3 heteroatoms. The first-order chi connectivity index (χ1) is 7.95. The molecule has 0 atom stereocenters. The minimum atomic E-state index is -0.539. The van der Waals surface area contributed by atoms with E-state index in [-0.39, 0.29) is 24.9 Å². The summed E-state index contributed by atoms with van der Waals surface area (Å²) in [6.45, 7) is 5.66. The second-order valence-corrected chi connectivity index (χ2v) is 5.08. The Labute approximate surface area is 102 Å². The largest absolute Gasteiger partial charge is 0.396 e. The zero-order chi connectivity index (χ0) is 13.1. The highest BCUT2D eigenvalue weighted by Gasteiger charge is 2.33. The van der Waals surface area contributed by atoms with E-state index in [2.05, 4.69) is 0 Å². The molecular formula is C14H21FO2. The summed E-state index contributed by atoms with van der Waals surface area (Å²) < 4.78 is 13.0. The summed E-state index contributed by atoms with van der Waals surface area (Å²) in [5.41, 5.74) is 1.29. The van der Waals surface area contributed by atoms with Gasteiger partial charge in [-0.1, -0.05) is 19.9 Å². The van der Waals surface area contributed by atoms with Crippen molar-refractivity contribution in [2.45, 2.75) is 27.2 Å². The SMILES string of the molecule is Cc1cc(F)ccc1CC(CO)(CO)C(C)C. The van der Waals surface area contributed by atoms with Gasteiger partial charge in [0.2, 0.25) is 0 Å². The molecule has 0 bridgehead atoms. The molecule has 0 fully saturated rings. The van der Waals surface area contributed by atoms with Gasteiger partial charge in [0.15, 0.2) is 0 Å². The van der Waals surface area contributed by atoms with Crippen LogP contribution >= 0.6 is 0 Å². The first-order valence-electron chi connectivity index (χ1n) is 5.92. The molecule has 0 saturated carbocycles. The standard InChI is InChI=1S/C14H21FO2/c1-10(2)14(8-16,9-17)7-12-4-5-13(15)6-11(12)3/h4-6,10,16-17H,7-9H2,1-3H3. The Bertz CT molecular complexity index is 370. The summed E-state index contributed by atoms with van der Waals surface area (Å²) >= 11 is 0. The Kier molecular flexibility index (Phi) is 4.66. The summed E-state index contributed by atoms with van der Waals surface area (Å²) in [5.74, 6) is -0.101. The number of aliphatic hydroxyl groups excluding tert-OH is 2. The van der Waals surface area contributed by atoms with Crippen molar-refractivity contribution < 1.29 is 14.6 Å². The third-order valence-electron chi connectivity index (χ3n) is 3.70. The normalized spacial score (nSPS) is 12.2. The van der Waals surface area contributed by atoms with E-state index in [4.69, 9.17) is 0 Å². The van der Waals surface area contributed by atoms with Crippen molar-refractivity contribution in [3.8, 4) is 0 Å². The molecule has 1 rings (SSSR count). The van der Waals surface area contributed by atoms with Gasteiger partial charge in [-0.05, 0) is 42.5 Å². The van der Waals surface area contributed by atoms with E-state index in [1.165, 1.54) is 12.1 Å². The van der Waals surface area contributed by atoms with Crippen molar-refractivity contribution in [2.75, 3.05) is 13.2 Å². The molecule has 2 nitrogen and oxygen atoms in total. The number of halogens is 1. The number of hydrogen-bond acceptors (Lipinski definition) is 2. The maximum Gasteiger partial charge on any atom is 0.123 e. The molecule has 1 aromatic carbocycles. The molecule has 0 aliphatic heterocycles. The maximum atomic E-state index is 13.0. The van der Waals surface area contributed by atoms with Crippen LogP contribution in [0, 0.1) is 24.1 Å². The Morgan fingerprint density at radius 1 is 1.24 bits per heavy atom. The van der Waals surface area contributed by atoms with Gasteiger partial charge in [-0.2, -0.15) is 0 Å². The van der Waals surface area contributed by atoms with E-state index < -0.39 is 5.41 Å². The Morgan fingerprint density at radius 3 is 2.24 bits per heavy atom. The lowest BCUT2D eigenvalue weighted by Gasteiger charge is -2.34. The van der Waals surface area contributed by atoms with Crippen LogP contribution in [0.25, 0.3) is 0 Å². The summed E-state index contributed by atoms with van der Waals surface area (Å²) in [4.78, 5) is 0. The molecule has 0 aromatic heterocycles. The molecule has 0 amide bonds. The number of hydrogen-bond donors (Lipinski definition) is 2. The van der Waals surface area contributed by atoms with E-state index in [1.807, 2.05) is 20.8 Å². The molecule has 0 aliphatic rings. The van der Waals surface area contributed by atoms with Crippen LogP contribution in [0.2, 0.25) is 0 Å². The Balaban J connectivity index is 3.01. The monoisotopic (exact) mass is 240 g/mol. The topological polar surface area (TPSA) is 40.5 Å². The Hall–Kier alpha value is -0.930. The van der Waals surface area contributed by atoms with Crippen LogP contribution in [0.15, 0.2) is 18.2 Å². The van der Waals surface area contributed by atoms with Gasteiger partial charge in [0.05, 0.1) is 13.2 Å². The molecule has 0 spiro atoms. The highest BCUT2D eigenvalue weighted by molar-refractivity contribution is 5.27. The lowest BCUT2D eigenvalue weighted by atomic mass is 9.73. The first kappa shape index (κ1) is 14.1. The summed E-state index contributed by atoms with van der Waals surface area (Å²) in [5, 5.41) is 19.0. The summed E-state index contributed by atoms with van der Waals surface area (Å²) in [7, 11) is 0. The number of aryl methyl sites for hydroxylation is 1. The summed E-state index contributed by atoms with van der Waals surface area (Å²) in [6.07, 6.45) is 0.559. The zero-order valence-electron chi connectivity index (χ0n) is 10.7. The second kappa shape index (κ2) is 5.61. The Morgan fingerprint density at radius 2 is 1.82 bits per heavy atom. The fraction of sp³-hybridized carbons (Fsp3) is 0.571. The molecule has 96 valence electrons. The predicted molar refractivity (Wildman–Crippen MR) is 66.3 cm³/mol. The molecule has 2 N–H and O–H groups in total. The quantitative estimate of drug-likeness (QED) is 0.829. The van der Waals surface area contributed by atoms with E-state index in [9.17, 15) is 14.6 Å². The molecule has 17 heavy (non-hydrogen) atoms. The van der Waals surface area contributed by atoms with Crippen LogP contribution in [0.3, 0.4) is 0 Å².